The number of nitrogens with zero attached hydrogens (tertiary/aromatic N) is 2. The second kappa shape index (κ2) is 8.22. The van der Waals surface area contributed by atoms with Gasteiger partial charge in [-0.3, -0.25) is 4.72 Å². The van der Waals surface area contributed by atoms with Crippen LogP contribution < -0.4 is 9.46 Å². The lowest BCUT2D eigenvalue weighted by molar-refractivity contribution is 0.484. The summed E-state index contributed by atoms with van der Waals surface area (Å²) in [6.45, 7) is 0. The fourth-order valence-electron chi connectivity index (χ4n) is 3.27. The van der Waals surface area contributed by atoms with Crippen molar-refractivity contribution in [3.05, 3.63) is 82.8 Å². The van der Waals surface area contributed by atoms with Gasteiger partial charge in [-0.25, -0.2) is 8.42 Å². The molecule has 0 aliphatic heterocycles. The molecule has 160 valence electrons. The van der Waals surface area contributed by atoms with Gasteiger partial charge in [0.2, 0.25) is 0 Å². The van der Waals surface area contributed by atoms with Gasteiger partial charge < -0.3 is 4.74 Å². The fourth-order valence-corrected chi connectivity index (χ4v) is 5.58. The van der Waals surface area contributed by atoms with Crippen molar-refractivity contribution >= 4 is 72.4 Å². The Labute approximate surface area is 197 Å². The second-order valence-corrected chi connectivity index (χ2v) is 9.80. The van der Waals surface area contributed by atoms with E-state index in [1.165, 1.54) is 12.1 Å². The molecule has 0 saturated carbocycles. The van der Waals surface area contributed by atoms with E-state index >= 15 is 0 Å². The number of sulfonamides is 1. The standard InChI is InChI=1S/C22H13Cl2N3O3S2/c23-16-12-14(27-32(28,29)20-7-3-6-17-22(20)26-31-25-17)9-11-18(16)30-19-10-8-13-4-1-2-5-15(13)21(19)24/h1-12,27H. The van der Waals surface area contributed by atoms with Gasteiger partial charge in [0.05, 0.1) is 27.5 Å². The minimum Gasteiger partial charge on any atom is -0.454 e. The van der Waals surface area contributed by atoms with Crippen LogP contribution in [0.25, 0.3) is 21.8 Å². The molecule has 0 spiro atoms. The molecule has 1 heterocycles. The smallest absolute Gasteiger partial charge is 0.264 e. The van der Waals surface area contributed by atoms with Crippen LogP contribution in [0.4, 0.5) is 5.69 Å². The quantitative estimate of drug-likeness (QED) is 0.288. The van der Waals surface area contributed by atoms with E-state index in [9.17, 15) is 8.42 Å². The molecule has 6 nitrogen and oxygen atoms in total. The molecule has 1 N–H and O–H groups in total. The van der Waals surface area contributed by atoms with Crippen molar-refractivity contribution in [2.75, 3.05) is 4.72 Å². The number of anilines is 1. The van der Waals surface area contributed by atoms with Crippen LogP contribution in [0.15, 0.2) is 77.7 Å². The molecule has 5 aromatic rings. The van der Waals surface area contributed by atoms with E-state index in [0.29, 0.717) is 27.6 Å². The molecule has 0 radical (unpaired) electrons. The van der Waals surface area contributed by atoms with Crippen molar-refractivity contribution in [2.24, 2.45) is 0 Å². The Bertz CT molecular complexity index is 1590. The number of hydrogen-bond donors (Lipinski definition) is 1. The zero-order valence-electron chi connectivity index (χ0n) is 16.1. The second-order valence-electron chi connectivity index (χ2n) is 6.84. The number of fused-ring (bicyclic) bond motifs is 2. The molecular weight excluding hydrogens is 489 g/mol. The Morgan fingerprint density at radius 2 is 1.69 bits per heavy atom. The zero-order valence-corrected chi connectivity index (χ0v) is 19.3. The van der Waals surface area contributed by atoms with E-state index in [1.807, 2.05) is 30.3 Å². The normalized spacial score (nSPS) is 11.7. The molecule has 0 atom stereocenters. The Morgan fingerprint density at radius 3 is 2.53 bits per heavy atom. The van der Waals surface area contributed by atoms with Gasteiger partial charge in [0.1, 0.15) is 27.4 Å². The largest absolute Gasteiger partial charge is 0.454 e. The van der Waals surface area contributed by atoms with Gasteiger partial charge in [0.25, 0.3) is 10.0 Å². The van der Waals surface area contributed by atoms with E-state index < -0.39 is 10.0 Å². The van der Waals surface area contributed by atoms with Crippen molar-refractivity contribution in [1.29, 1.82) is 0 Å². The lowest BCUT2D eigenvalue weighted by Gasteiger charge is -2.13. The summed E-state index contributed by atoms with van der Waals surface area (Å²) < 4.78 is 42.4. The van der Waals surface area contributed by atoms with Gasteiger partial charge in [-0.2, -0.15) is 8.75 Å². The molecule has 1 aromatic heterocycles. The van der Waals surface area contributed by atoms with Crippen molar-refractivity contribution in [1.82, 2.24) is 8.75 Å². The highest BCUT2D eigenvalue weighted by Gasteiger charge is 2.20. The Kier molecular flexibility index (Phi) is 5.38. The highest BCUT2D eigenvalue weighted by Crippen LogP contribution is 2.38. The third-order valence-electron chi connectivity index (χ3n) is 4.77. The van der Waals surface area contributed by atoms with Crippen LogP contribution in [0.5, 0.6) is 11.5 Å². The first kappa shape index (κ1) is 21.0. The van der Waals surface area contributed by atoms with E-state index in [-0.39, 0.29) is 15.6 Å². The Morgan fingerprint density at radius 1 is 0.875 bits per heavy atom. The van der Waals surface area contributed by atoms with Gasteiger partial charge in [-0.05, 0) is 41.8 Å². The number of hydrogen-bond acceptors (Lipinski definition) is 6. The highest BCUT2D eigenvalue weighted by atomic mass is 35.5. The SMILES string of the molecule is O=S(=O)(Nc1ccc(Oc2ccc3ccccc3c2Cl)c(Cl)c1)c1cccc2nsnc12. The average molecular weight is 502 g/mol. The van der Waals surface area contributed by atoms with Crippen LogP contribution in [0.3, 0.4) is 0 Å². The summed E-state index contributed by atoms with van der Waals surface area (Å²) in [7, 11) is -3.90. The summed E-state index contributed by atoms with van der Waals surface area (Å²) in [4.78, 5) is 0.0446. The average Bonchev–Trinajstić information content (AvgIpc) is 3.26. The molecule has 5 rings (SSSR count). The zero-order chi connectivity index (χ0) is 22.3. The van der Waals surface area contributed by atoms with Crippen molar-refractivity contribution in [2.45, 2.75) is 4.90 Å². The van der Waals surface area contributed by atoms with Gasteiger partial charge in [-0.1, -0.05) is 59.6 Å². The number of halogens is 2. The maximum atomic E-state index is 12.9. The van der Waals surface area contributed by atoms with Crippen LogP contribution in [0.1, 0.15) is 0 Å². The van der Waals surface area contributed by atoms with Crippen LogP contribution in [-0.4, -0.2) is 17.2 Å². The Balaban J connectivity index is 1.42. The summed E-state index contributed by atoms with van der Waals surface area (Å²) in [6, 6.07) is 20.8. The summed E-state index contributed by atoms with van der Waals surface area (Å²) in [6.07, 6.45) is 0. The van der Waals surface area contributed by atoms with Crippen LogP contribution >= 0.6 is 34.9 Å². The first-order valence-corrected chi connectivity index (χ1v) is 12.3. The molecule has 0 bridgehead atoms. The third-order valence-corrected chi connectivity index (χ3v) is 7.41. The number of benzene rings is 4. The van der Waals surface area contributed by atoms with E-state index in [2.05, 4.69) is 13.5 Å². The molecule has 10 heteroatoms. The van der Waals surface area contributed by atoms with Gasteiger partial charge in [0, 0.05) is 5.39 Å². The topological polar surface area (TPSA) is 81.2 Å². The Hall–Kier alpha value is -2.91. The van der Waals surface area contributed by atoms with Gasteiger partial charge in [0.15, 0.2) is 0 Å². The summed E-state index contributed by atoms with van der Waals surface area (Å²) in [5.41, 5.74) is 1.13. The molecule has 0 aliphatic carbocycles. The predicted octanol–water partition coefficient (Wildman–Crippen LogP) is 6.74. The highest BCUT2D eigenvalue weighted by molar-refractivity contribution is 7.93. The first-order valence-electron chi connectivity index (χ1n) is 9.31. The van der Waals surface area contributed by atoms with Crippen LogP contribution in [0.2, 0.25) is 10.0 Å². The van der Waals surface area contributed by atoms with Gasteiger partial charge >= 0.3 is 0 Å². The number of rotatable bonds is 5. The molecule has 32 heavy (non-hydrogen) atoms. The molecule has 0 fully saturated rings. The number of nitrogens with one attached hydrogen (secondary N) is 1. The molecule has 0 aliphatic rings. The molecule has 0 unspecified atom stereocenters. The minimum atomic E-state index is -3.90. The van der Waals surface area contributed by atoms with Crippen molar-refractivity contribution in [3.8, 4) is 11.5 Å². The van der Waals surface area contributed by atoms with Crippen molar-refractivity contribution in [3.63, 3.8) is 0 Å². The first-order chi connectivity index (χ1) is 15.4. The molecule has 0 saturated heterocycles. The maximum absolute atomic E-state index is 12.9. The summed E-state index contributed by atoms with van der Waals surface area (Å²) in [5.74, 6) is 0.793. The van der Waals surface area contributed by atoms with E-state index in [1.54, 1.807) is 30.3 Å². The van der Waals surface area contributed by atoms with Gasteiger partial charge in [-0.15, -0.1) is 0 Å². The fraction of sp³-hybridized carbons (Fsp3) is 0. The molecule has 4 aromatic carbocycles. The monoisotopic (exact) mass is 501 g/mol. The number of aromatic nitrogens is 2. The summed E-state index contributed by atoms with van der Waals surface area (Å²) >= 11 is 13.8. The lowest BCUT2D eigenvalue weighted by atomic mass is 10.1. The van der Waals surface area contributed by atoms with Crippen LogP contribution in [-0.2, 0) is 10.0 Å². The summed E-state index contributed by atoms with van der Waals surface area (Å²) in [5, 5.41) is 2.54. The predicted molar refractivity (Wildman–Crippen MR) is 129 cm³/mol. The van der Waals surface area contributed by atoms with Crippen molar-refractivity contribution < 1.29 is 13.2 Å². The third kappa shape index (κ3) is 3.86. The van der Waals surface area contributed by atoms with E-state index in [4.69, 9.17) is 27.9 Å². The van der Waals surface area contributed by atoms with E-state index in [0.717, 1.165) is 22.5 Å². The maximum Gasteiger partial charge on any atom is 0.264 e. The molecular formula is C22H13Cl2N3O3S2. The minimum absolute atomic E-state index is 0.0446. The molecule has 0 amide bonds. The van der Waals surface area contributed by atoms with Crippen LogP contribution in [0, 0.1) is 0 Å². The lowest BCUT2D eigenvalue weighted by Crippen LogP contribution is -2.13. The number of ether oxygens (including phenoxy) is 1.